The van der Waals surface area contributed by atoms with E-state index in [0.29, 0.717) is 19.1 Å². The van der Waals surface area contributed by atoms with Crippen LogP contribution in [0.4, 0.5) is 0 Å². The van der Waals surface area contributed by atoms with Crippen molar-refractivity contribution in [2.75, 3.05) is 13.2 Å². The Morgan fingerprint density at radius 2 is 1.58 bits per heavy atom. The van der Waals surface area contributed by atoms with Gasteiger partial charge in [0.2, 0.25) is 0 Å². The zero-order chi connectivity index (χ0) is 14.8. The van der Waals surface area contributed by atoms with Crippen LogP contribution in [-0.4, -0.2) is 31.2 Å². The number of hydrogen-bond acceptors (Lipinski definition) is 6. The molecular formula is C13H26N2O4. The summed E-state index contributed by atoms with van der Waals surface area (Å²) in [6.45, 7) is 8.54. The molecule has 0 aromatic rings. The van der Waals surface area contributed by atoms with Gasteiger partial charge in [-0.25, -0.2) is 5.43 Å². The van der Waals surface area contributed by atoms with E-state index in [1.165, 1.54) is 0 Å². The number of carbonyl (C=O) groups is 2. The third kappa shape index (κ3) is 9.44. The molecule has 19 heavy (non-hydrogen) atoms. The van der Waals surface area contributed by atoms with Crippen LogP contribution >= 0.6 is 0 Å². The number of nitrogens with one attached hydrogen (secondary N) is 1. The average Bonchev–Trinajstić information content (AvgIpc) is 2.34. The van der Waals surface area contributed by atoms with Gasteiger partial charge in [-0.15, -0.1) is 0 Å². The smallest absolute Gasteiger partial charge is 0.324 e. The maximum absolute atomic E-state index is 11.6. The topological polar surface area (TPSA) is 90.6 Å². The molecule has 0 bridgehead atoms. The van der Waals surface area contributed by atoms with E-state index in [1.54, 1.807) is 0 Å². The first kappa shape index (κ1) is 17.9. The van der Waals surface area contributed by atoms with Gasteiger partial charge < -0.3 is 9.47 Å². The molecule has 6 nitrogen and oxygen atoms in total. The summed E-state index contributed by atoms with van der Waals surface area (Å²) < 4.78 is 10.1. The molecule has 0 aromatic heterocycles. The van der Waals surface area contributed by atoms with Crippen LogP contribution in [-0.2, 0) is 19.1 Å². The lowest BCUT2D eigenvalue weighted by molar-refractivity contribution is -0.148. The second kappa shape index (κ2) is 9.75. The molecule has 112 valence electrons. The van der Waals surface area contributed by atoms with Crippen LogP contribution in [0.15, 0.2) is 0 Å². The van der Waals surface area contributed by atoms with E-state index >= 15 is 0 Å². The van der Waals surface area contributed by atoms with E-state index in [1.807, 2.05) is 27.7 Å². The average molecular weight is 274 g/mol. The molecule has 0 rings (SSSR count). The van der Waals surface area contributed by atoms with Crippen molar-refractivity contribution in [3.05, 3.63) is 0 Å². The Labute approximate surface area is 115 Å². The standard InChI is InChI=1S/C13H26N2O4/c1-9(2)7-18-12(16)6-5-11(15-14)13(17)19-8-10(3)4/h9-11,15H,5-8,14H2,1-4H3. The first-order valence-electron chi connectivity index (χ1n) is 6.65. The Kier molecular flexibility index (Phi) is 9.16. The Balaban J connectivity index is 3.98. The number of hydrazine groups is 1. The van der Waals surface area contributed by atoms with Crippen molar-refractivity contribution < 1.29 is 19.1 Å². The molecule has 0 spiro atoms. The molecule has 0 amide bonds. The Hall–Kier alpha value is -1.14. The van der Waals surface area contributed by atoms with Gasteiger partial charge in [0.1, 0.15) is 6.04 Å². The van der Waals surface area contributed by atoms with Crippen LogP contribution in [0.1, 0.15) is 40.5 Å². The van der Waals surface area contributed by atoms with E-state index in [-0.39, 0.29) is 24.7 Å². The lowest BCUT2D eigenvalue weighted by atomic mass is 10.1. The number of ether oxygens (including phenoxy) is 2. The molecule has 3 N–H and O–H groups in total. The van der Waals surface area contributed by atoms with Gasteiger partial charge in [-0.3, -0.25) is 15.4 Å². The Bertz CT molecular complexity index is 280. The number of esters is 2. The number of nitrogens with two attached hydrogens (primary N) is 1. The van der Waals surface area contributed by atoms with Crippen LogP contribution in [0.25, 0.3) is 0 Å². The number of hydrogen-bond donors (Lipinski definition) is 2. The molecule has 0 fully saturated rings. The minimum absolute atomic E-state index is 0.137. The second-order valence-electron chi connectivity index (χ2n) is 5.36. The van der Waals surface area contributed by atoms with Gasteiger partial charge >= 0.3 is 11.9 Å². The molecule has 1 unspecified atom stereocenters. The summed E-state index contributed by atoms with van der Waals surface area (Å²) in [5.74, 6) is 5.08. The fourth-order valence-corrected chi connectivity index (χ4v) is 1.21. The van der Waals surface area contributed by atoms with Gasteiger partial charge in [0.25, 0.3) is 0 Å². The van der Waals surface area contributed by atoms with Gasteiger partial charge in [0, 0.05) is 6.42 Å². The molecule has 0 aliphatic carbocycles. The van der Waals surface area contributed by atoms with Crippen molar-refractivity contribution in [3.63, 3.8) is 0 Å². The van der Waals surface area contributed by atoms with Gasteiger partial charge in [-0.1, -0.05) is 27.7 Å². The molecule has 0 radical (unpaired) electrons. The van der Waals surface area contributed by atoms with E-state index in [0.717, 1.165) is 0 Å². The second-order valence-corrected chi connectivity index (χ2v) is 5.36. The summed E-state index contributed by atoms with van der Waals surface area (Å²) in [5, 5.41) is 0. The molecule has 0 saturated heterocycles. The van der Waals surface area contributed by atoms with Gasteiger partial charge in [0.15, 0.2) is 0 Å². The van der Waals surface area contributed by atoms with E-state index in [2.05, 4.69) is 5.43 Å². The minimum Gasteiger partial charge on any atom is -0.465 e. The highest BCUT2D eigenvalue weighted by Crippen LogP contribution is 2.04. The third-order valence-corrected chi connectivity index (χ3v) is 2.26. The predicted molar refractivity (Wildman–Crippen MR) is 71.9 cm³/mol. The summed E-state index contributed by atoms with van der Waals surface area (Å²) in [5.41, 5.74) is 2.36. The van der Waals surface area contributed by atoms with E-state index in [4.69, 9.17) is 15.3 Å². The van der Waals surface area contributed by atoms with Crippen LogP contribution in [0.3, 0.4) is 0 Å². The largest absolute Gasteiger partial charge is 0.465 e. The minimum atomic E-state index is -0.676. The van der Waals surface area contributed by atoms with Crippen molar-refractivity contribution in [1.29, 1.82) is 0 Å². The summed E-state index contributed by atoms with van der Waals surface area (Å²) in [6.07, 6.45) is 0.405. The van der Waals surface area contributed by atoms with Crippen LogP contribution < -0.4 is 11.3 Å². The van der Waals surface area contributed by atoms with Crippen LogP contribution in [0.2, 0.25) is 0 Å². The quantitative estimate of drug-likeness (QED) is 0.370. The highest BCUT2D eigenvalue weighted by molar-refractivity contribution is 5.77. The van der Waals surface area contributed by atoms with Crippen LogP contribution in [0, 0.1) is 11.8 Å². The molecule has 0 aliphatic heterocycles. The van der Waals surface area contributed by atoms with Crippen molar-refractivity contribution >= 4 is 11.9 Å². The van der Waals surface area contributed by atoms with Gasteiger partial charge in [-0.2, -0.15) is 0 Å². The molecule has 0 saturated carbocycles. The highest BCUT2D eigenvalue weighted by Gasteiger charge is 2.20. The van der Waals surface area contributed by atoms with Crippen molar-refractivity contribution in [2.24, 2.45) is 17.7 Å². The normalized spacial score (nSPS) is 12.6. The molecule has 6 heteroatoms. The zero-order valence-corrected chi connectivity index (χ0v) is 12.3. The molecule has 0 aromatic carbocycles. The lowest BCUT2D eigenvalue weighted by Crippen LogP contribution is -2.43. The zero-order valence-electron chi connectivity index (χ0n) is 12.3. The monoisotopic (exact) mass is 274 g/mol. The van der Waals surface area contributed by atoms with E-state index < -0.39 is 12.0 Å². The van der Waals surface area contributed by atoms with Gasteiger partial charge in [-0.05, 0) is 18.3 Å². The van der Waals surface area contributed by atoms with Crippen molar-refractivity contribution in [2.45, 2.75) is 46.6 Å². The fraction of sp³-hybridized carbons (Fsp3) is 0.846. The summed E-state index contributed by atoms with van der Waals surface area (Å²) >= 11 is 0. The van der Waals surface area contributed by atoms with Gasteiger partial charge in [0.05, 0.1) is 13.2 Å². The predicted octanol–water partition coefficient (Wildman–Crippen LogP) is 0.997. The SMILES string of the molecule is CC(C)COC(=O)CCC(NN)C(=O)OCC(C)C. The third-order valence-electron chi connectivity index (χ3n) is 2.26. The van der Waals surface area contributed by atoms with E-state index in [9.17, 15) is 9.59 Å². The first-order chi connectivity index (χ1) is 8.86. The van der Waals surface area contributed by atoms with Crippen LogP contribution in [0.5, 0.6) is 0 Å². The molecule has 0 aliphatic rings. The molecule has 1 atom stereocenters. The number of rotatable bonds is 9. The number of carbonyl (C=O) groups excluding carboxylic acids is 2. The fourth-order valence-electron chi connectivity index (χ4n) is 1.21. The lowest BCUT2D eigenvalue weighted by Gasteiger charge is -2.15. The molecule has 0 heterocycles. The van der Waals surface area contributed by atoms with Crippen molar-refractivity contribution in [1.82, 2.24) is 5.43 Å². The first-order valence-corrected chi connectivity index (χ1v) is 6.65. The maximum atomic E-state index is 11.6. The summed E-state index contributed by atoms with van der Waals surface area (Å²) in [4.78, 5) is 23.1. The summed E-state index contributed by atoms with van der Waals surface area (Å²) in [6, 6.07) is -0.676. The maximum Gasteiger partial charge on any atom is 0.324 e. The Morgan fingerprint density at radius 1 is 1.05 bits per heavy atom. The summed E-state index contributed by atoms with van der Waals surface area (Å²) in [7, 11) is 0. The molecular weight excluding hydrogens is 248 g/mol. The highest BCUT2D eigenvalue weighted by atomic mass is 16.5. The Morgan fingerprint density at radius 3 is 2.05 bits per heavy atom. The van der Waals surface area contributed by atoms with Crippen molar-refractivity contribution in [3.8, 4) is 0 Å².